The number of sulfonamides is 1. The number of H-pyrrole nitrogens is 1. The van der Waals surface area contributed by atoms with Crippen LogP contribution in [-0.4, -0.2) is 57.6 Å². The SMILES string of the molecule is O=c1[nH]ccc2c(S(=O)(=O)NCCN3CCCNCC3)cccc12. The number of hydrogen-bond donors (Lipinski definition) is 3. The van der Waals surface area contributed by atoms with Crippen molar-refractivity contribution in [3.8, 4) is 0 Å². The molecule has 3 rings (SSSR count). The molecule has 0 saturated carbocycles. The number of aromatic nitrogens is 1. The topological polar surface area (TPSA) is 94.3 Å². The molecule has 1 aliphatic rings. The lowest BCUT2D eigenvalue weighted by atomic mass is 10.2. The van der Waals surface area contributed by atoms with E-state index in [0.29, 0.717) is 23.9 Å². The van der Waals surface area contributed by atoms with E-state index in [-0.39, 0.29) is 10.5 Å². The average molecular weight is 350 g/mol. The van der Waals surface area contributed by atoms with Crippen LogP contribution < -0.4 is 15.6 Å². The van der Waals surface area contributed by atoms with E-state index in [0.717, 1.165) is 32.6 Å². The van der Waals surface area contributed by atoms with Gasteiger partial charge < -0.3 is 15.2 Å². The number of nitrogens with one attached hydrogen (secondary N) is 3. The van der Waals surface area contributed by atoms with Crippen LogP contribution in [0.15, 0.2) is 40.2 Å². The van der Waals surface area contributed by atoms with Gasteiger partial charge in [0, 0.05) is 43.1 Å². The lowest BCUT2D eigenvalue weighted by Crippen LogP contribution is -2.36. The predicted octanol–water partition coefficient (Wildman–Crippen LogP) is 0.102. The summed E-state index contributed by atoms with van der Waals surface area (Å²) in [6.45, 7) is 4.85. The fourth-order valence-electron chi connectivity index (χ4n) is 2.97. The fraction of sp³-hybridized carbons (Fsp3) is 0.438. The van der Waals surface area contributed by atoms with Crippen LogP contribution in [0.3, 0.4) is 0 Å². The quantitative estimate of drug-likeness (QED) is 0.711. The van der Waals surface area contributed by atoms with Gasteiger partial charge in [0.2, 0.25) is 10.0 Å². The van der Waals surface area contributed by atoms with Crippen molar-refractivity contribution < 1.29 is 8.42 Å². The van der Waals surface area contributed by atoms with Gasteiger partial charge in [0.15, 0.2) is 0 Å². The van der Waals surface area contributed by atoms with Crippen LogP contribution in [0.1, 0.15) is 6.42 Å². The number of benzene rings is 1. The summed E-state index contributed by atoms with van der Waals surface area (Å²) in [5.74, 6) is 0. The van der Waals surface area contributed by atoms with Gasteiger partial charge >= 0.3 is 0 Å². The Hall–Kier alpha value is -1.74. The Morgan fingerprint density at radius 1 is 1.12 bits per heavy atom. The monoisotopic (exact) mass is 350 g/mol. The van der Waals surface area contributed by atoms with Crippen LogP contribution in [0.2, 0.25) is 0 Å². The van der Waals surface area contributed by atoms with Crippen LogP contribution in [0.25, 0.3) is 10.8 Å². The Kier molecular flexibility index (Phi) is 5.30. The molecule has 1 aromatic carbocycles. The van der Waals surface area contributed by atoms with Gasteiger partial charge in [-0.1, -0.05) is 6.07 Å². The Labute approximate surface area is 141 Å². The summed E-state index contributed by atoms with van der Waals surface area (Å²) in [6.07, 6.45) is 2.53. The molecule has 0 atom stereocenters. The maximum atomic E-state index is 12.6. The zero-order chi connectivity index (χ0) is 17.0. The van der Waals surface area contributed by atoms with Crippen LogP contribution in [-0.2, 0) is 10.0 Å². The van der Waals surface area contributed by atoms with Crippen LogP contribution in [0.5, 0.6) is 0 Å². The third-order valence-corrected chi connectivity index (χ3v) is 5.74. The van der Waals surface area contributed by atoms with Gasteiger partial charge in [-0.2, -0.15) is 0 Å². The highest BCUT2D eigenvalue weighted by Gasteiger charge is 2.18. The van der Waals surface area contributed by atoms with Gasteiger partial charge in [-0.25, -0.2) is 13.1 Å². The molecule has 0 bridgehead atoms. The largest absolute Gasteiger partial charge is 0.329 e. The molecule has 8 heteroatoms. The zero-order valence-corrected chi connectivity index (χ0v) is 14.2. The van der Waals surface area contributed by atoms with E-state index in [1.54, 1.807) is 18.2 Å². The van der Waals surface area contributed by atoms with Gasteiger partial charge in [0.05, 0.1) is 4.90 Å². The molecule has 2 aromatic rings. The van der Waals surface area contributed by atoms with Crippen LogP contribution >= 0.6 is 0 Å². The van der Waals surface area contributed by atoms with Crippen molar-refractivity contribution in [2.75, 3.05) is 39.3 Å². The zero-order valence-electron chi connectivity index (χ0n) is 13.4. The summed E-state index contributed by atoms with van der Waals surface area (Å²) in [5, 5.41) is 4.13. The number of fused-ring (bicyclic) bond motifs is 1. The van der Waals surface area contributed by atoms with Crippen LogP contribution in [0.4, 0.5) is 0 Å². The average Bonchev–Trinajstić information content (AvgIpc) is 2.83. The third-order valence-electron chi connectivity index (χ3n) is 4.22. The summed E-state index contributed by atoms with van der Waals surface area (Å²) in [6, 6.07) is 6.36. The van der Waals surface area contributed by atoms with Crippen molar-refractivity contribution in [2.24, 2.45) is 0 Å². The standard InChI is InChI=1S/C16H22N4O3S/c21-16-14-3-1-4-15(13(14)5-7-18-16)24(22,23)19-9-12-20-10-2-6-17-8-11-20/h1,3-5,7,17,19H,2,6,8-12H2,(H,18,21). The molecule has 0 unspecified atom stereocenters. The summed E-state index contributed by atoms with van der Waals surface area (Å²) >= 11 is 0. The predicted molar refractivity (Wildman–Crippen MR) is 93.7 cm³/mol. The van der Waals surface area contributed by atoms with Crippen molar-refractivity contribution >= 4 is 20.8 Å². The molecular weight excluding hydrogens is 328 g/mol. The third kappa shape index (κ3) is 3.84. The van der Waals surface area contributed by atoms with E-state index < -0.39 is 10.0 Å². The minimum atomic E-state index is -3.66. The summed E-state index contributed by atoms with van der Waals surface area (Å²) < 4.78 is 27.9. The Morgan fingerprint density at radius 2 is 2.00 bits per heavy atom. The highest BCUT2D eigenvalue weighted by Crippen LogP contribution is 2.19. The summed E-state index contributed by atoms with van der Waals surface area (Å²) in [4.78, 5) is 16.8. The lowest BCUT2D eigenvalue weighted by Gasteiger charge is -2.19. The van der Waals surface area contributed by atoms with Gasteiger partial charge in [0.25, 0.3) is 5.56 Å². The first-order chi connectivity index (χ1) is 11.6. The highest BCUT2D eigenvalue weighted by atomic mass is 32.2. The second-order valence-corrected chi connectivity index (χ2v) is 7.60. The molecule has 1 fully saturated rings. The number of hydrogen-bond acceptors (Lipinski definition) is 5. The van der Waals surface area contributed by atoms with Crippen molar-refractivity contribution in [1.29, 1.82) is 0 Å². The maximum Gasteiger partial charge on any atom is 0.255 e. The molecule has 0 amide bonds. The highest BCUT2D eigenvalue weighted by molar-refractivity contribution is 7.89. The van der Waals surface area contributed by atoms with Gasteiger partial charge in [-0.3, -0.25) is 4.79 Å². The molecule has 130 valence electrons. The Bertz CT molecular complexity index is 855. The molecule has 7 nitrogen and oxygen atoms in total. The van der Waals surface area contributed by atoms with Crippen LogP contribution in [0, 0.1) is 0 Å². The minimum absolute atomic E-state index is 0.142. The smallest absolute Gasteiger partial charge is 0.255 e. The van der Waals surface area contributed by atoms with E-state index in [9.17, 15) is 13.2 Å². The molecule has 0 spiro atoms. The van der Waals surface area contributed by atoms with Crippen molar-refractivity contribution in [3.05, 3.63) is 40.8 Å². The van der Waals surface area contributed by atoms with Gasteiger partial charge in [-0.15, -0.1) is 0 Å². The number of nitrogens with zero attached hydrogens (tertiary/aromatic N) is 1. The molecule has 1 aliphatic heterocycles. The molecule has 2 heterocycles. The lowest BCUT2D eigenvalue weighted by molar-refractivity contribution is 0.297. The summed E-state index contributed by atoms with van der Waals surface area (Å²) in [7, 11) is -3.66. The molecule has 3 N–H and O–H groups in total. The first kappa shape index (κ1) is 17.1. The summed E-state index contributed by atoms with van der Waals surface area (Å²) in [5.41, 5.74) is -0.290. The first-order valence-corrected chi connectivity index (χ1v) is 9.59. The molecule has 24 heavy (non-hydrogen) atoms. The van der Waals surface area contributed by atoms with Crippen molar-refractivity contribution in [3.63, 3.8) is 0 Å². The van der Waals surface area contributed by atoms with Gasteiger partial charge in [0.1, 0.15) is 0 Å². The number of pyridine rings is 1. The van der Waals surface area contributed by atoms with E-state index in [2.05, 4.69) is 19.9 Å². The maximum absolute atomic E-state index is 12.6. The van der Waals surface area contributed by atoms with Gasteiger partial charge in [-0.05, 0) is 37.7 Å². The van der Waals surface area contributed by atoms with Crippen molar-refractivity contribution in [1.82, 2.24) is 19.9 Å². The Morgan fingerprint density at radius 3 is 2.88 bits per heavy atom. The van der Waals surface area contributed by atoms with E-state index in [1.165, 1.54) is 12.3 Å². The molecular formula is C16H22N4O3S. The number of rotatable bonds is 5. The molecule has 0 radical (unpaired) electrons. The van der Waals surface area contributed by atoms with E-state index in [4.69, 9.17) is 0 Å². The molecule has 1 aromatic heterocycles. The minimum Gasteiger partial charge on any atom is -0.329 e. The first-order valence-electron chi connectivity index (χ1n) is 8.11. The van der Waals surface area contributed by atoms with E-state index in [1.807, 2.05) is 0 Å². The second kappa shape index (κ2) is 7.43. The molecule has 0 aliphatic carbocycles. The number of aromatic amines is 1. The van der Waals surface area contributed by atoms with E-state index >= 15 is 0 Å². The molecule has 1 saturated heterocycles. The normalized spacial score (nSPS) is 17.0. The second-order valence-electron chi connectivity index (χ2n) is 5.87. The van der Waals surface area contributed by atoms with Crippen molar-refractivity contribution in [2.45, 2.75) is 11.3 Å². The fourth-order valence-corrected chi connectivity index (χ4v) is 4.21. The Balaban J connectivity index is 1.74.